The molecule has 2 aromatic rings. The molecule has 0 aromatic heterocycles. The van der Waals surface area contributed by atoms with Crippen molar-refractivity contribution in [3.63, 3.8) is 0 Å². The second kappa shape index (κ2) is 7.43. The molecule has 4 nitrogen and oxygen atoms in total. The number of ether oxygens (including phenoxy) is 1. The van der Waals surface area contributed by atoms with Crippen molar-refractivity contribution in [2.24, 2.45) is 0 Å². The van der Waals surface area contributed by atoms with E-state index in [0.29, 0.717) is 22.4 Å². The molecule has 1 N–H and O–H groups in total. The number of hydrogen-bond donors (Lipinski definition) is 1. The molecule has 0 aliphatic heterocycles. The molecule has 2 aromatic carbocycles. The summed E-state index contributed by atoms with van der Waals surface area (Å²) in [6.07, 6.45) is 1.30. The highest BCUT2D eigenvalue weighted by Crippen LogP contribution is 2.29. The van der Waals surface area contributed by atoms with E-state index in [9.17, 15) is 4.79 Å². The van der Waals surface area contributed by atoms with E-state index in [0.717, 1.165) is 5.56 Å². The molecule has 5 heteroatoms. The van der Waals surface area contributed by atoms with Crippen molar-refractivity contribution >= 4 is 28.0 Å². The van der Waals surface area contributed by atoms with Gasteiger partial charge in [-0.3, -0.25) is 0 Å². The molecule has 22 heavy (non-hydrogen) atoms. The first kappa shape index (κ1) is 15.8. The Kier molecular flexibility index (Phi) is 5.34. The minimum absolute atomic E-state index is 0.350. The Hall–Kier alpha value is -2.58. The summed E-state index contributed by atoms with van der Waals surface area (Å²) in [7, 11) is 0. The summed E-state index contributed by atoms with van der Waals surface area (Å²) in [5, 5.41) is 17.9. The summed E-state index contributed by atoms with van der Waals surface area (Å²) in [6, 6.07) is 16.6. The van der Waals surface area contributed by atoms with Gasteiger partial charge in [0.15, 0.2) is 0 Å². The van der Waals surface area contributed by atoms with Crippen LogP contribution < -0.4 is 4.74 Å². The molecule has 0 bridgehead atoms. The van der Waals surface area contributed by atoms with Gasteiger partial charge in [-0.25, -0.2) is 4.79 Å². The zero-order valence-electron chi connectivity index (χ0n) is 11.5. The summed E-state index contributed by atoms with van der Waals surface area (Å²) >= 11 is 3.35. The first-order chi connectivity index (χ1) is 10.6. The van der Waals surface area contributed by atoms with Crippen LogP contribution in [0.5, 0.6) is 5.75 Å². The zero-order chi connectivity index (χ0) is 15.9. The van der Waals surface area contributed by atoms with E-state index in [4.69, 9.17) is 15.1 Å². The molecule has 0 heterocycles. The van der Waals surface area contributed by atoms with E-state index in [-0.39, 0.29) is 5.57 Å². The lowest BCUT2D eigenvalue weighted by Gasteiger charge is -2.11. The highest BCUT2D eigenvalue weighted by atomic mass is 79.9. The highest BCUT2D eigenvalue weighted by molar-refractivity contribution is 9.10. The maximum Gasteiger partial charge on any atom is 0.346 e. The molecule has 0 saturated carbocycles. The molecule has 0 saturated heterocycles. The number of carbonyl (C=O) groups is 1. The number of halogens is 1. The van der Waals surface area contributed by atoms with E-state index >= 15 is 0 Å². The SMILES string of the molecule is N#C/C(=C/c1c(Br)cccc1OCc1ccccc1)C(=O)O. The van der Waals surface area contributed by atoms with Crippen LogP contribution >= 0.6 is 15.9 Å². The van der Waals surface area contributed by atoms with Gasteiger partial charge in [-0.1, -0.05) is 52.3 Å². The quantitative estimate of drug-likeness (QED) is 0.647. The Morgan fingerprint density at radius 3 is 2.59 bits per heavy atom. The van der Waals surface area contributed by atoms with Gasteiger partial charge < -0.3 is 9.84 Å². The van der Waals surface area contributed by atoms with Gasteiger partial charge >= 0.3 is 5.97 Å². The molecule has 0 unspecified atom stereocenters. The van der Waals surface area contributed by atoms with E-state index < -0.39 is 5.97 Å². The van der Waals surface area contributed by atoms with Crippen molar-refractivity contribution in [2.75, 3.05) is 0 Å². The van der Waals surface area contributed by atoms with Crippen LogP contribution in [0.3, 0.4) is 0 Å². The Morgan fingerprint density at radius 2 is 1.95 bits per heavy atom. The normalized spacial score (nSPS) is 10.8. The van der Waals surface area contributed by atoms with Crippen LogP contribution in [0.4, 0.5) is 0 Å². The van der Waals surface area contributed by atoms with Crippen molar-refractivity contribution in [3.8, 4) is 11.8 Å². The van der Waals surface area contributed by atoms with Crippen molar-refractivity contribution in [3.05, 3.63) is 69.7 Å². The molecule has 0 amide bonds. The van der Waals surface area contributed by atoms with Gasteiger partial charge in [0, 0.05) is 10.0 Å². The molecule has 2 rings (SSSR count). The third kappa shape index (κ3) is 3.96. The first-order valence-electron chi connectivity index (χ1n) is 6.42. The van der Waals surface area contributed by atoms with Crippen LogP contribution in [-0.2, 0) is 11.4 Å². The van der Waals surface area contributed by atoms with Gasteiger partial charge in [0.2, 0.25) is 0 Å². The number of aliphatic carboxylic acids is 1. The molecular weight excluding hydrogens is 346 g/mol. The second-order valence-corrected chi connectivity index (χ2v) is 5.26. The number of carboxylic acids is 1. The largest absolute Gasteiger partial charge is 0.488 e. The van der Waals surface area contributed by atoms with Crippen LogP contribution in [0, 0.1) is 11.3 Å². The Bertz CT molecular complexity index is 748. The Balaban J connectivity index is 2.31. The zero-order valence-corrected chi connectivity index (χ0v) is 13.1. The van der Waals surface area contributed by atoms with Gasteiger partial charge in [-0.15, -0.1) is 0 Å². The average molecular weight is 358 g/mol. The lowest BCUT2D eigenvalue weighted by atomic mass is 10.1. The maximum absolute atomic E-state index is 11.0. The fourth-order valence-corrected chi connectivity index (χ4v) is 2.27. The number of benzene rings is 2. The van der Waals surface area contributed by atoms with Crippen LogP contribution in [0.2, 0.25) is 0 Å². The predicted octanol–water partition coefficient (Wildman–Crippen LogP) is 4.02. The molecule has 0 atom stereocenters. The average Bonchev–Trinajstić information content (AvgIpc) is 2.52. The molecule has 0 radical (unpaired) electrons. The minimum Gasteiger partial charge on any atom is -0.488 e. The molecule has 0 aliphatic carbocycles. The van der Waals surface area contributed by atoms with Crippen LogP contribution in [0.15, 0.2) is 58.6 Å². The third-order valence-corrected chi connectivity index (χ3v) is 3.58. The van der Waals surface area contributed by atoms with E-state index in [1.165, 1.54) is 6.08 Å². The summed E-state index contributed by atoms with van der Waals surface area (Å²) in [5.74, 6) is -0.764. The van der Waals surface area contributed by atoms with Crippen molar-refractivity contribution in [1.29, 1.82) is 5.26 Å². The third-order valence-electron chi connectivity index (χ3n) is 2.89. The summed E-state index contributed by atoms with van der Waals surface area (Å²) in [4.78, 5) is 11.0. The van der Waals surface area contributed by atoms with E-state index in [1.54, 1.807) is 24.3 Å². The number of nitriles is 1. The molecule has 0 fully saturated rings. The second-order valence-electron chi connectivity index (χ2n) is 4.40. The van der Waals surface area contributed by atoms with Crippen molar-refractivity contribution < 1.29 is 14.6 Å². The van der Waals surface area contributed by atoms with Crippen molar-refractivity contribution in [2.45, 2.75) is 6.61 Å². The van der Waals surface area contributed by atoms with Crippen LogP contribution in [-0.4, -0.2) is 11.1 Å². The molecule has 0 spiro atoms. The van der Waals surface area contributed by atoms with Gasteiger partial charge in [-0.2, -0.15) is 5.26 Å². The monoisotopic (exact) mass is 357 g/mol. The standard InChI is InChI=1S/C17H12BrNO3/c18-15-7-4-8-16(14(15)9-13(10-19)17(20)21)22-11-12-5-2-1-3-6-12/h1-9H,11H2,(H,20,21)/b13-9-. The summed E-state index contributed by atoms with van der Waals surface area (Å²) in [5.41, 5.74) is 1.17. The van der Waals surface area contributed by atoms with Crippen molar-refractivity contribution in [1.82, 2.24) is 0 Å². The lowest BCUT2D eigenvalue weighted by Crippen LogP contribution is -2.00. The van der Waals surface area contributed by atoms with Crippen LogP contribution in [0.1, 0.15) is 11.1 Å². The molecular formula is C17H12BrNO3. The van der Waals surface area contributed by atoms with Crippen LogP contribution in [0.25, 0.3) is 6.08 Å². The molecule has 0 aliphatic rings. The number of nitrogens with zero attached hydrogens (tertiary/aromatic N) is 1. The van der Waals surface area contributed by atoms with Gasteiger partial charge in [0.05, 0.1) is 0 Å². The molecule has 110 valence electrons. The maximum atomic E-state index is 11.0. The smallest absolute Gasteiger partial charge is 0.346 e. The Morgan fingerprint density at radius 1 is 1.23 bits per heavy atom. The topological polar surface area (TPSA) is 70.3 Å². The number of carboxylic acid groups (broad SMARTS) is 1. The minimum atomic E-state index is -1.27. The van der Waals surface area contributed by atoms with Gasteiger partial charge in [0.1, 0.15) is 24.0 Å². The summed E-state index contributed by atoms with van der Waals surface area (Å²) in [6.45, 7) is 0.354. The van der Waals surface area contributed by atoms with E-state index in [1.807, 2.05) is 30.3 Å². The van der Waals surface area contributed by atoms with Gasteiger partial charge in [0.25, 0.3) is 0 Å². The first-order valence-corrected chi connectivity index (χ1v) is 7.21. The fraction of sp³-hybridized carbons (Fsp3) is 0.0588. The fourth-order valence-electron chi connectivity index (χ4n) is 1.80. The Labute approximate surface area is 136 Å². The van der Waals surface area contributed by atoms with E-state index in [2.05, 4.69) is 15.9 Å². The lowest BCUT2D eigenvalue weighted by molar-refractivity contribution is -0.132. The number of hydrogen-bond acceptors (Lipinski definition) is 3. The number of rotatable bonds is 5. The predicted molar refractivity (Wildman–Crippen MR) is 86.1 cm³/mol. The van der Waals surface area contributed by atoms with Gasteiger partial charge in [-0.05, 0) is 23.8 Å². The highest BCUT2D eigenvalue weighted by Gasteiger charge is 2.11. The summed E-state index contributed by atoms with van der Waals surface area (Å²) < 4.78 is 6.41.